The second kappa shape index (κ2) is 5.20. The molecule has 3 aromatic heterocycles. The van der Waals surface area contributed by atoms with Gasteiger partial charge in [0.2, 0.25) is 5.76 Å². The lowest BCUT2D eigenvalue weighted by Gasteiger charge is -2.06. The molecule has 3 aromatic rings. The highest BCUT2D eigenvalue weighted by Crippen LogP contribution is 2.26. The smallest absolute Gasteiger partial charge is 0.202 e. The normalized spacial score (nSPS) is 11.2. The number of hydrogen-bond donors (Lipinski definition) is 0. The first-order valence-electron chi connectivity index (χ1n) is 7.19. The maximum atomic E-state index is 5.41. The number of hydrogen-bond acceptors (Lipinski definition) is 4. The lowest BCUT2D eigenvalue weighted by molar-refractivity contribution is 0.421. The average molecular weight is 285 g/mol. The predicted molar refractivity (Wildman–Crippen MR) is 79.4 cm³/mol. The van der Waals surface area contributed by atoms with Crippen molar-refractivity contribution in [3.8, 4) is 17.3 Å². The standard InChI is InChI=1S/C15H19N5O/c1-5-12-9-13(21-18-12)15-16-7-8-19(15)14-10(3)17-20(6-2)11(14)4/h7-9H,5-6H2,1-4H3. The molecular formula is C15H19N5O. The number of aromatic nitrogens is 5. The maximum absolute atomic E-state index is 5.41. The molecule has 0 unspecified atom stereocenters. The summed E-state index contributed by atoms with van der Waals surface area (Å²) < 4.78 is 9.42. The fraction of sp³-hybridized carbons (Fsp3) is 0.400. The first-order valence-corrected chi connectivity index (χ1v) is 7.19. The fourth-order valence-corrected chi connectivity index (χ4v) is 2.59. The van der Waals surface area contributed by atoms with Gasteiger partial charge in [-0.3, -0.25) is 9.25 Å². The van der Waals surface area contributed by atoms with Gasteiger partial charge in [0.1, 0.15) is 0 Å². The Morgan fingerprint density at radius 3 is 2.67 bits per heavy atom. The lowest BCUT2D eigenvalue weighted by Crippen LogP contribution is -2.01. The Morgan fingerprint density at radius 2 is 2.05 bits per heavy atom. The number of nitrogens with zero attached hydrogens (tertiary/aromatic N) is 5. The van der Waals surface area contributed by atoms with Crippen molar-refractivity contribution in [1.29, 1.82) is 0 Å². The van der Waals surface area contributed by atoms with Crippen LogP contribution in [0.2, 0.25) is 0 Å². The zero-order chi connectivity index (χ0) is 15.0. The minimum atomic E-state index is 0.680. The van der Waals surface area contributed by atoms with E-state index in [1.165, 1.54) is 0 Å². The topological polar surface area (TPSA) is 61.7 Å². The van der Waals surface area contributed by atoms with Gasteiger partial charge in [0.15, 0.2) is 5.82 Å². The van der Waals surface area contributed by atoms with Crippen LogP contribution >= 0.6 is 0 Å². The van der Waals surface area contributed by atoms with Crippen LogP contribution in [0.15, 0.2) is 23.0 Å². The van der Waals surface area contributed by atoms with Gasteiger partial charge >= 0.3 is 0 Å². The van der Waals surface area contributed by atoms with Gasteiger partial charge in [0.05, 0.1) is 22.8 Å². The summed E-state index contributed by atoms with van der Waals surface area (Å²) in [5, 5.41) is 8.61. The van der Waals surface area contributed by atoms with E-state index in [4.69, 9.17) is 4.52 Å². The molecule has 0 fully saturated rings. The molecule has 0 aliphatic heterocycles. The molecular weight excluding hydrogens is 266 g/mol. The van der Waals surface area contributed by atoms with Crippen molar-refractivity contribution in [3.05, 3.63) is 35.5 Å². The average Bonchev–Trinajstić information content (AvgIpc) is 3.17. The highest BCUT2D eigenvalue weighted by atomic mass is 16.5. The Labute approximate surface area is 123 Å². The van der Waals surface area contributed by atoms with Crippen molar-refractivity contribution < 1.29 is 4.52 Å². The van der Waals surface area contributed by atoms with Crippen LogP contribution in [-0.4, -0.2) is 24.5 Å². The van der Waals surface area contributed by atoms with E-state index in [-0.39, 0.29) is 0 Å². The van der Waals surface area contributed by atoms with Gasteiger partial charge in [0, 0.05) is 25.0 Å². The Balaban J connectivity index is 2.13. The second-order valence-corrected chi connectivity index (χ2v) is 4.99. The summed E-state index contributed by atoms with van der Waals surface area (Å²) in [6, 6.07) is 1.94. The van der Waals surface area contributed by atoms with E-state index in [2.05, 4.69) is 29.1 Å². The molecule has 3 rings (SSSR count). The molecule has 6 nitrogen and oxygen atoms in total. The van der Waals surface area contributed by atoms with Gasteiger partial charge in [-0.1, -0.05) is 12.1 Å². The molecule has 0 aromatic carbocycles. The molecule has 0 saturated carbocycles. The second-order valence-electron chi connectivity index (χ2n) is 4.99. The Bertz CT molecular complexity index is 765. The van der Waals surface area contributed by atoms with Crippen LogP contribution < -0.4 is 0 Å². The van der Waals surface area contributed by atoms with Gasteiger partial charge in [-0.2, -0.15) is 5.10 Å². The molecule has 0 aliphatic carbocycles. The van der Waals surface area contributed by atoms with Crippen LogP contribution in [-0.2, 0) is 13.0 Å². The van der Waals surface area contributed by atoms with E-state index in [0.717, 1.165) is 41.6 Å². The van der Waals surface area contributed by atoms with Gasteiger partial charge in [-0.15, -0.1) is 0 Å². The summed E-state index contributed by atoms with van der Waals surface area (Å²) in [5.74, 6) is 1.43. The van der Waals surface area contributed by atoms with Gasteiger partial charge in [0.25, 0.3) is 0 Å². The first kappa shape index (κ1) is 13.6. The third kappa shape index (κ3) is 2.16. The summed E-state index contributed by atoms with van der Waals surface area (Å²) in [6.07, 6.45) is 4.54. The fourth-order valence-electron chi connectivity index (χ4n) is 2.59. The molecule has 0 bridgehead atoms. The summed E-state index contributed by atoms with van der Waals surface area (Å²) in [6.45, 7) is 9.06. The van der Waals surface area contributed by atoms with Crippen LogP contribution in [0.5, 0.6) is 0 Å². The minimum Gasteiger partial charge on any atom is -0.353 e. The van der Waals surface area contributed by atoms with E-state index in [1.54, 1.807) is 6.20 Å². The molecule has 110 valence electrons. The molecule has 0 aliphatic rings. The van der Waals surface area contributed by atoms with Crippen LogP contribution in [0.3, 0.4) is 0 Å². The molecule has 0 saturated heterocycles. The van der Waals surface area contributed by atoms with Crippen LogP contribution in [0, 0.1) is 13.8 Å². The van der Waals surface area contributed by atoms with Crippen molar-refractivity contribution >= 4 is 0 Å². The third-order valence-electron chi connectivity index (χ3n) is 3.67. The zero-order valence-electron chi connectivity index (χ0n) is 12.8. The van der Waals surface area contributed by atoms with Gasteiger partial charge in [-0.05, 0) is 27.2 Å². The van der Waals surface area contributed by atoms with Crippen LogP contribution in [0.1, 0.15) is 30.9 Å². The van der Waals surface area contributed by atoms with E-state index in [1.807, 2.05) is 35.4 Å². The molecule has 21 heavy (non-hydrogen) atoms. The van der Waals surface area contributed by atoms with Crippen molar-refractivity contribution in [3.63, 3.8) is 0 Å². The van der Waals surface area contributed by atoms with Crippen molar-refractivity contribution in [1.82, 2.24) is 24.5 Å². The van der Waals surface area contributed by atoms with Crippen molar-refractivity contribution in [2.75, 3.05) is 0 Å². The summed E-state index contributed by atoms with van der Waals surface area (Å²) in [5.41, 5.74) is 4.07. The monoisotopic (exact) mass is 285 g/mol. The summed E-state index contributed by atoms with van der Waals surface area (Å²) >= 11 is 0. The van der Waals surface area contributed by atoms with E-state index < -0.39 is 0 Å². The molecule has 0 atom stereocenters. The highest BCUT2D eigenvalue weighted by molar-refractivity contribution is 5.55. The highest BCUT2D eigenvalue weighted by Gasteiger charge is 2.18. The molecule has 0 spiro atoms. The van der Waals surface area contributed by atoms with Crippen LogP contribution in [0.25, 0.3) is 17.3 Å². The Morgan fingerprint density at radius 1 is 1.24 bits per heavy atom. The molecule has 0 amide bonds. The van der Waals surface area contributed by atoms with Gasteiger partial charge in [-0.25, -0.2) is 4.98 Å². The molecule has 0 radical (unpaired) electrons. The maximum Gasteiger partial charge on any atom is 0.202 e. The summed E-state index contributed by atoms with van der Waals surface area (Å²) in [7, 11) is 0. The van der Waals surface area contributed by atoms with Crippen molar-refractivity contribution in [2.45, 2.75) is 40.7 Å². The zero-order valence-corrected chi connectivity index (χ0v) is 12.8. The number of aryl methyl sites for hydroxylation is 3. The van der Waals surface area contributed by atoms with Crippen molar-refractivity contribution in [2.24, 2.45) is 0 Å². The van der Waals surface area contributed by atoms with E-state index >= 15 is 0 Å². The predicted octanol–water partition coefficient (Wildman–Crippen LogP) is 2.92. The SMILES string of the molecule is CCc1cc(-c2nccn2-c2c(C)nn(CC)c2C)on1. The van der Waals surface area contributed by atoms with E-state index in [9.17, 15) is 0 Å². The first-order chi connectivity index (χ1) is 10.2. The summed E-state index contributed by atoms with van der Waals surface area (Å²) in [4.78, 5) is 4.42. The lowest BCUT2D eigenvalue weighted by atomic mass is 10.2. The van der Waals surface area contributed by atoms with Gasteiger partial charge < -0.3 is 4.52 Å². The van der Waals surface area contributed by atoms with Crippen LogP contribution in [0.4, 0.5) is 0 Å². The molecule has 3 heterocycles. The largest absolute Gasteiger partial charge is 0.353 e. The molecule has 0 N–H and O–H groups in total. The Hall–Kier alpha value is -2.37. The third-order valence-corrected chi connectivity index (χ3v) is 3.67. The van der Waals surface area contributed by atoms with E-state index in [0.29, 0.717) is 5.76 Å². The quantitative estimate of drug-likeness (QED) is 0.739. The number of rotatable bonds is 4. The number of imidazole rings is 1. The molecule has 6 heteroatoms. The Kier molecular flexibility index (Phi) is 3.37. The minimum absolute atomic E-state index is 0.680.